The predicted molar refractivity (Wildman–Crippen MR) is 53.0 cm³/mol. The van der Waals surface area contributed by atoms with Crippen LogP contribution in [0.4, 0.5) is 13.2 Å². The lowest BCUT2D eigenvalue weighted by Gasteiger charge is -2.37. The Bertz CT molecular complexity index is 438. The molecule has 1 N–H and O–H groups in total. The minimum atomic E-state index is -2.95. The van der Waals surface area contributed by atoms with Crippen LogP contribution in [0.2, 0.25) is 0 Å². The first-order valence-electron chi connectivity index (χ1n) is 4.98. The van der Waals surface area contributed by atoms with Crippen LogP contribution in [0.15, 0.2) is 24.3 Å². The van der Waals surface area contributed by atoms with E-state index in [1.165, 1.54) is 18.2 Å². The maximum absolute atomic E-state index is 13.6. The van der Waals surface area contributed by atoms with E-state index in [2.05, 4.69) is 5.32 Å². The highest BCUT2D eigenvalue weighted by Gasteiger charge is 2.47. The molecule has 2 rings (SSSR count). The summed E-state index contributed by atoms with van der Waals surface area (Å²) >= 11 is 0. The first kappa shape index (κ1) is 11.9. The van der Waals surface area contributed by atoms with Gasteiger partial charge in [0, 0.05) is 5.56 Å². The van der Waals surface area contributed by atoms with Crippen LogP contribution in [0, 0.1) is 5.82 Å². The molecule has 1 aromatic carbocycles. The van der Waals surface area contributed by atoms with Gasteiger partial charge in [0.05, 0.1) is 6.61 Å². The minimum Gasteiger partial charge on any atom is -0.369 e. The van der Waals surface area contributed by atoms with E-state index in [1.807, 2.05) is 0 Å². The van der Waals surface area contributed by atoms with Crippen LogP contribution in [0.3, 0.4) is 0 Å². The second-order valence-corrected chi connectivity index (χ2v) is 3.79. The maximum Gasteiger partial charge on any atom is 0.267 e. The van der Waals surface area contributed by atoms with Gasteiger partial charge in [0.1, 0.15) is 12.4 Å². The van der Waals surface area contributed by atoms with Crippen molar-refractivity contribution in [2.24, 2.45) is 0 Å². The van der Waals surface area contributed by atoms with E-state index in [4.69, 9.17) is 4.74 Å². The molecule has 0 aliphatic carbocycles. The van der Waals surface area contributed by atoms with Gasteiger partial charge in [-0.25, -0.2) is 13.2 Å². The Morgan fingerprint density at radius 1 is 1.35 bits per heavy atom. The third kappa shape index (κ3) is 2.00. The summed E-state index contributed by atoms with van der Waals surface area (Å²) in [5, 5.41) is 2.13. The van der Waals surface area contributed by atoms with Gasteiger partial charge in [0.25, 0.3) is 6.43 Å². The lowest BCUT2D eigenvalue weighted by Crippen LogP contribution is -2.59. The molecular formula is C11H10F3NO2. The topological polar surface area (TPSA) is 38.3 Å². The molecule has 1 saturated heterocycles. The lowest BCUT2D eigenvalue weighted by molar-refractivity contribution is -0.144. The molecule has 0 bridgehead atoms. The number of carbonyl (C=O) groups excluding carboxylic acids is 1. The Morgan fingerprint density at radius 2 is 2.06 bits per heavy atom. The smallest absolute Gasteiger partial charge is 0.267 e. The molecule has 3 nitrogen and oxygen atoms in total. The number of benzene rings is 1. The molecule has 1 aliphatic rings. The fourth-order valence-electron chi connectivity index (χ4n) is 1.83. The Hall–Kier alpha value is -1.56. The van der Waals surface area contributed by atoms with Crippen molar-refractivity contribution in [2.45, 2.75) is 12.0 Å². The molecule has 1 aromatic rings. The normalized spacial score (nSPS) is 24.8. The predicted octanol–water partition coefficient (Wildman–Crippen LogP) is 1.43. The third-order valence-corrected chi connectivity index (χ3v) is 2.65. The molecule has 6 heteroatoms. The van der Waals surface area contributed by atoms with Gasteiger partial charge >= 0.3 is 0 Å². The van der Waals surface area contributed by atoms with E-state index >= 15 is 0 Å². The molecular weight excluding hydrogens is 235 g/mol. The number of carbonyl (C=O) groups is 1. The van der Waals surface area contributed by atoms with Gasteiger partial charge in [0.2, 0.25) is 5.91 Å². The Kier molecular flexibility index (Phi) is 3.06. The standard InChI is InChI=1S/C11H10F3NO2/c12-8-4-2-1-3-7(8)11(10(13)14)6-17-5-9(16)15-11/h1-4,10H,5-6H2,(H,15,16). The molecule has 0 spiro atoms. The molecule has 1 atom stereocenters. The van der Waals surface area contributed by atoms with Crippen molar-refractivity contribution in [3.63, 3.8) is 0 Å². The van der Waals surface area contributed by atoms with E-state index in [0.717, 1.165) is 6.07 Å². The molecule has 1 heterocycles. The number of hydrogen-bond donors (Lipinski definition) is 1. The number of amides is 1. The van der Waals surface area contributed by atoms with Crippen molar-refractivity contribution in [3.8, 4) is 0 Å². The van der Waals surface area contributed by atoms with Crippen molar-refractivity contribution >= 4 is 5.91 Å². The Morgan fingerprint density at radius 3 is 2.65 bits per heavy atom. The van der Waals surface area contributed by atoms with Crippen LogP contribution in [-0.2, 0) is 15.1 Å². The van der Waals surface area contributed by atoms with E-state index in [9.17, 15) is 18.0 Å². The zero-order valence-electron chi connectivity index (χ0n) is 8.75. The van der Waals surface area contributed by atoms with Crippen molar-refractivity contribution in [1.82, 2.24) is 5.32 Å². The van der Waals surface area contributed by atoms with Gasteiger partial charge in [-0.3, -0.25) is 4.79 Å². The molecule has 17 heavy (non-hydrogen) atoms. The molecule has 1 unspecified atom stereocenters. The molecule has 92 valence electrons. The molecule has 0 saturated carbocycles. The van der Waals surface area contributed by atoms with Crippen LogP contribution in [0.5, 0.6) is 0 Å². The molecule has 0 aromatic heterocycles. The summed E-state index contributed by atoms with van der Waals surface area (Å²) in [7, 11) is 0. The average molecular weight is 245 g/mol. The number of halogens is 3. The number of rotatable bonds is 2. The van der Waals surface area contributed by atoms with Crippen LogP contribution >= 0.6 is 0 Å². The average Bonchev–Trinajstić information content (AvgIpc) is 2.29. The number of ether oxygens (including phenoxy) is 1. The summed E-state index contributed by atoms with van der Waals surface area (Å²) in [5.41, 5.74) is -2.36. The van der Waals surface area contributed by atoms with Crippen molar-refractivity contribution in [1.29, 1.82) is 0 Å². The maximum atomic E-state index is 13.6. The van der Waals surface area contributed by atoms with E-state index in [-0.39, 0.29) is 12.2 Å². The minimum absolute atomic E-state index is 0.261. The first-order valence-corrected chi connectivity index (χ1v) is 4.98. The van der Waals surface area contributed by atoms with Gasteiger partial charge in [0.15, 0.2) is 5.54 Å². The summed E-state index contributed by atoms with van der Waals surface area (Å²) in [5.74, 6) is -1.47. The van der Waals surface area contributed by atoms with Gasteiger partial charge in [-0.2, -0.15) is 0 Å². The SMILES string of the molecule is O=C1COCC(c2ccccc2F)(C(F)F)N1. The molecule has 1 fully saturated rings. The first-order chi connectivity index (χ1) is 8.06. The quantitative estimate of drug-likeness (QED) is 0.856. The van der Waals surface area contributed by atoms with Crippen molar-refractivity contribution in [3.05, 3.63) is 35.6 Å². The highest BCUT2D eigenvalue weighted by atomic mass is 19.3. The Balaban J connectivity index is 2.48. The van der Waals surface area contributed by atoms with E-state index < -0.39 is 30.3 Å². The molecule has 0 radical (unpaired) electrons. The summed E-state index contributed by atoms with van der Waals surface area (Å²) in [6, 6.07) is 5.11. The van der Waals surface area contributed by atoms with E-state index in [1.54, 1.807) is 0 Å². The zero-order valence-corrected chi connectivity index (χ0v) is 8.75. The number of nitrogens with one attached hydrogen (secondary N) is 1. The summed E-state index contributed by atoms with van der Waals surface area (Å²) < 4.78 is 44.7. The zero-order chi connectivity index (χ0) is 12.5. The highest BCUT2D eigenvalue weighted by Crippen LogP contribution is 2.32. The second kappa shape index (κ2) is 4.37. The van der Waals surface area contributed by atoms with Gasteiger partial charge in [-0.05, 0) is 6.07 Å². The van der Waals surface area contributed by atoms with Crippen LogP contribution < -0.4 is 5.32 Å². The summed E-state index contributed by atoms with van der Waals surface area (Å²) in [6.07, 6.45) is -2.95. The second-order valence-electron chi connectivity index (χ2n) is 3.79. The van der Waals surface area contributed by atoms with Crippen LogP contribution in [-0.4, -0.2) is 25.5 Å². The van der Waals surface area contributed by atoms with Gasteiger partial charge < -0.3 is 10.1 Å². The monoisotopic (exact) mass is 245 g/mol. The largest absolute Gasteiger partial charge is 0.369 e. The fourth-order valence-corrected chi connectivity index (χ4v) is 1.83. The van der Waals surface area contributed by atoms with Crippen molar-refractivity contribution in [2.75, 3.05) is 13.2 Å². The number of morpholine rings is 1. The third-order valence-electron chi connectivity index (χ3n) is 2.65. The number of hydrogen-bond acceptors (Lipinski definition) is 2. The number of alkyl halides is 2. The van der Waals surface area contributed by atoms with Crippen LogP contribution in [0.25, 0.3) is 0 Å². The fraction of sp³-hybridized carbons (Fsp3) is 0.364. The van der Waals surface area contributed by atoms with E-state index in [0.29, 0.717) is 0 Å². The summed E-state index contributed by atoms with van der Waals surface area (Å²) in [4.78, 5) is 11.2. The van der Waals surface area contributed by atoms with Crippen molar-refractivity contribution < 1.29 is 22.7 Å². The molecule has 1 aliphatic heterocycles. The Labute approximate surface area is 95.6 Å². The summed E-state index contributed by atoms with van der Waals surface area (Å²) in [6.45, 7) is -0.736. The highest BCUT2D eigenvalue weighted by molar-refractivity contribution is 5.79. The lowest BCUT2D eigenvalue weighted by atomic mass is 9.89. The van der Waals surface area contributed by atoms with Gasteiger partial charge in [-0.1, -0.05) is 18.2 Å². The molecule has 1 amide bonds. The van der Waals surface area contributed by atoms with Crippen LogP contribution in [0.1, 0.15) is 5.56 Å². The van der Waals surface area contributed by atoms with Gasteiger partial charge in [-0.15, -0.1) is 0 Å².